The van der Waals surface area contributed by atoms with Crippen LogP contribution in [0, 0.1) is 12.8 Å². The normalized spacial score (nSPS) is 26.5. The first-order valence-corrected chi connectivity index (χ1v) is 13.2. The molecule has 2 fully saturated rings. The van der Waals surface area contributed by atoms with E-state index in [0.717, 1.165) is 43.2 Å². The molecule has 176 valence electrons. The molecule has 2 aromatic carbocycles. The molecule has 4 unspecified atom stereocenters. The fraction of sp³-hybridized carbons (Fsp3) is 0.440. The van der Waals surface area contributed by atoms with Crippen molar-refractivity contribution >= 4 is 10.0 Å². The van der Waals surface area contributed by atoms with Crippen molar-refractivity contribution < 1.29 is 13.5 Å². The summed E-state index contributed by atoms with van der Waals surface area (Å²) in [6, 6.07) is 17.7. The lowest BCUT2D eigenvalue weighted by Crippen LogP contribution is -2.47. The maximum absolute atomic E-state index is 13.8. The number of sulfonamides is 1. The van der Waals surface area contributed by atoms with Gasteiger partial charge in [-0.3, -0.25) is 10.4 Å². The zero-order valence-corrected chi connectivity index (χ0v) is 19.7. The van der Waals surface area contributed by atoms with E-state index >= 15 is 0 Å². The van der Waals surface area contributed by atoms with E-state index in [-0.39, 0.29) is 29.8 Å². The molecule has 0 spiro atoms. The molecular weight excluding hydrogens is 436 g/mol. The molecule has 5 rings (SSSR count). The SMILES string of the molecule is Cc1ccc(C(c2ccccc2)N2C=C(S(=O)(=O)N3C(CO)CC4CCCCC43)NN2)cc1. The molecule has 1 saturated heterocycles. The summed E-state index contributed by atoms with van der Waals surface area (Å²) in [7, 11) is -3.79. The molecule has 7 nitrogen and oxygen atoms in total. The van der Waals surface area contributed by atoms with E-state index in [1.807, 2.05) is 42.3 Å². The average Bonchev–Trinajstić information content (AvgIpc) is 3.47. The van der Waals surface area contributed by atoms with Gasteiger partial charge in [-0.15, -0.1) is 5.53 Å². The van der Waals surface area contributed by atoms with Crippen LogP contribution >= 0.6 is 0 Å². The average molecular weight is 469 g/mol. The maximum Gasteiger partial charge on any atom is 0.261 e. The van der Waals surface area contributed by atoms with Gasteiger partial charge in [0.05, 0.1) is 18.8 Å². The first-order chi connectivity index (χ1) is 16.0. The molecule has 3 aliphatic rings. The lowest BCUT2D eigenvalue weighted by Gasteiger charge is -2.32. The highest BCUT2D eigenvalue weighted by atomic mass is 32.2. The summed E-state index contributed by atoms with van der Waals surface area (Å²) in [6.07, 6.45) is 6.46. The minimum absolute atomic E-state index is 0.0281. The van der Waals surface area contributed by atoms with Crippen LogP contribution in [0.25, 0.3) is 0 Å². The zero-order valence-electron chi connectivity index (χ0n) is 18.9. The second kappa shape index (κ2) is 9.10. The summed E-state index contributed by atoms with van der Waals surface area (Å²) >= 11 is 0. The van der Waals surface area contributed by atoms with Crippen molar-refractivity contribution in [3.63, 3.8) is 0 Å². The standard InChI is InChI=1S/C25H32N4O3S/c1-18-11-13-20(14-12-18)25(19-7-3-2-4-8-19)28-16-24(26-27-28)33(31,32)29-22(17-30)15-21-9-5-6-10-23(21)29/h2-4,7-8,11-14,16,21-23,25-27,30H,5-6,9-10,15,17H2,1H3. The van der Waals surface area contributed by atoms with E-state index in [0.29, 0.717) is 5.92 Å². The van der Waals surface area contributed by atoms with Gasteiger partial charge >= 0.3 is 0 Å². The van der Waals surface area contributed by atoms with Crippen LogP contribution in [0.2, 0.25) is 0 Å². The van der Waals surface area contributed by atoms with Crippen LogP contribution in [-0.4, -0.2) is 41.5 Å². The molecule has 4 atom stereocenters. The lowest BCUT2D eigenvalue weighted by atomic mass is 9.85. The Morgan fingerprint density at radius 3 is 2.45 bits per heavy atom. The number of aliphatic hydroxyl groups excluding tert-OH is 1. The third kappa shape index (κ3) is 4.17. The number of aliphatic hydroxyl groups is 1. The highest BCUT2D eigenvalue weighted by Gasteiger charge is 2.49. The summed E-state index contributed by atoms with van der Waals surface area (Å²) in [6.45, 7) is 1.90. The van der Waals surface area contributed by atoms with E-state index in [4.69, 9.17) is 0 Å². The predicted octanol–water partition coefficient (Wildman–Crippen LogP) is 3.16. The minimum atomic E-state index is -3.79. The lowest BCUT2D eigenvalue weighted by molar-refractivity contribution is 0.187. The van der Waals surface area contributed by atoms with Crippen LogP contribution < -0.4 is 11.0 Å². The van der Waals surface area contributed by atoms with Crippen molar-refractivity contribution in [2.45, 2.75) is 57.2 Å². The Hall–Kier alpha value is -2.39. The van der Waals surface area contributed by atoms with E-state index in [1.54, 1.807) is 10.5 Å². The summed E-state index contributed by atoms with van der Waals surface area (Å²) in [5, 5.41) is 11.9. The third-order valence-electron chi connectivity index (χ3n) is 7.25. The number of benzene rings is 2. The van der Waals surface area contributed by atoms with E-state index < -0.39 is 10.0 Å². The van der Waals surface area contributed by atoms with Crippen LogP contribution in [0.5, 0.6) is 0 Å². The van der Waals surface area contributed by atoms with Crippen molar-refractivity contribution in [1.82, 2.24) is 20.3 Å². The molecule has 8 heteroatoms. The van der Waals surface area contributed by atoms with Crippen molar-refractivity contribution in [3.8, 4) is 0 Å². The van der Waals surface area contributed by atoms with Crippen molar-refractivity contribution in [3.05, 3.63) is 82.5 Å². The van der Waals surface area contributed by atoms with Gasteiger partial charge in [0, 0.05) is 12.1 Å². The molecule has 0 aromatic heterocycles. The summed E-state index contributed by atoms with van der Waals surface area (Å²) in [5.74, 6) is 0.335. The van der Waals surface area contributed by atoms with Gasteiger partial charge in [0.15, 0.2) is 5.03 Å². The van der Waals surface area contributed by atoms with Gasteiger partial charge in [-0.1, -0.05) is 73.0 Å². The molecule has 3 N–H and O–H groups in total. The van der Waals surface area contributed by atoms with E-state index in [9.17, 15) is 13.5 Å². The van der Waals surface area contributed by atoms with E-state index in [1.165, 1.54) is 5.56 Å². The number of nitrogens with zero attached hydrogens (tertiary/aromatic N) is 2. The number of aryl methyl sites for hydroxylation is 1. The van der Waals surface area contributed by atoms with Crippen molar-refractivity contribution in [2.75, 3.05) is 6.61 Å². The fourth-order valence-electron chi connectivity index (χ4n) is 5.64. The van der Waals surface area contributed by atoms with Crippen molar-refractivity contribution in [2.24, 2.45) is 5.92 Å². The van der Waals surface area contributed by atoms with Crippen molar-refractivity contribution in [1.29, 1.82) is 0 Å². The third-order valence-corrected chi connectivity index (χ3v) is 9.14. The van der Waals surface area contributed by atoms with Crippen LogP contribution in [0.1, 0.15) is 54.8 Å². The number of fused-ring (bicyclic) bond motifs is 1. The maximum atomic E-state index is 13.8. The van der Waals surface area contributed by atoms with Crippen LogP contribution in [0.4, 0.5) is 0 Å². The Labute approximate surface area is 196 Å². The molecule has 0 bridgehead atoms. The number of rotatable bonds is 6. The van der Waals surface area contributed by atoms with Gasteiger partial charge in [-0.25, -0.2) is 8.42 Å². The molecule has 2 aromatic rings. The molecule has 0 amide bonds. The summed E-state index contributed by atoms with van der Waals surface area (Å²) < 4.78 is 29.1. The fourth-order valence-corrected chi connectivity index (χ4v) is 7.47. The highest BCUT2D eigenvalue weighted by Crippen LogP contribution is 2.42. The number of hydrogen-bond acceptors (Lipinski definition) is 6. The van der Waals surface area contributed by atoms with Gasteiger partial charge in [-0.2, -0.15) is 4.31 Å². The zero-order chi connectivity index (χ0) is 23.0. The Morgan fingerprint density at radius 2 is 1.73 bits per heavy atom. The molecule has 1 saturated carbocycles. The van der Waals surface area contributed by atoms with Crippen LogP contribution in [0.15, 0.2) is 65.8 Å². The molecule has 33 heavy (non-hydrogen) atoms. The van der Waals surface area contributed by atoms with Gasteiger partial charge in [0.2, 0.25) is 0 Å². The number of nitrogens with one attached hydrogen (secondary N) is 2. The Morgan fingerprint density at radius 1 is 1.03 bits per heavy atom. The predicted molar refractivity (Wildman–Crippen MR) is 128 cm³/mol. The molecule has 2 heterocycles. The number of hydrazine groups is 2. The van der Waals surface area contributed by atoms with Gasteiger partial charge in [0.25, 0.3) is 10.0 Å². The minimum Gasteiger partial charge on any atom is -0.395 e. The van der Waals surface area contributed by atoms with Gasteiger partial charge in [0.1, 0.15) is 0 Å². The summed E-state index contributed by atoms with van der Waals surface area (Å²) in [5.41, 5.74) is 9.27. The van der Waals surface area contributed by atoms with Gasteiger partial charge < -0.3 is 5.11 Å². The summed E-state index contributed by atoms with van der Waals surface area (Å²) in [4.78, 5) is 0. The largest absolute Gasteiger partial charge is 0.395 e. The molecule has 2 aliphatic heterocycles. The monoisotopic (exact) mass is 468 g/mol. The Bertz CT molecular complexity index is 1100. The first kappa shape index (κ1) is 22.4. The molecule has 0 radical (unpaired) electrons. The quantitative estimate of drug-likeness (QED) is 0.604. The topological polar surface area (TPSA) is 84.9 Å². The van der Waals surface area contributed by atoms with E-state index in [2.05, 4.69) is 35.2 Å². The van der Waals surface area contributed by atoms with Gasteiger partial charge in [-0.05, 0) is 43.2 Å². The first-order valence-electron chi connectivity index (χ1n) is 11.8. The van der Waals surface area contributed by atoms with Crippen LogP contribution in [-0.2, 0) is 10.0 Å². The second-order valence-corrected chi connectivity index (χ2v) is 11.2. The second-order valence-electron chi connectivity index (χ2n) is 9.38. The van der Waals surface area contributed by atoms with Crippen LogP contribution in [0.3, 0.4) is 0 Å². The highest BCUT2D eigenvalue weighted by molar-refractivity contribution is 7.93. The Kier molecular flexibility index (Phi) is 6.18. The molecule has 1 aliphatic carbocycles. The smallest absolute Gasteiger partial charge is 0.261 e. The number of hydrogen-bond donors (Lipinski definition) is 3. The Balaban J connectivity index is 1.48. The molecular formula is C25H32N4O3S.